The molecular weight excluding hydrogens is 360 g/mol. The van der Waals surface area contributed by atoms with Crippen molar-refractivity contribution in [3.8, 4) is 5.75 Å². The summed E-state index contributed by atoms with van der Waals surface area (Å²) in [4.78, 5) is 0. The first kappa shape index (κ1) is 15.5. The summed E-state index contributed by atoms with van der Waals surface area (Å²) in [6.45, 7) is 0. The van der Waals surface area contributed by atoms with E-state index in [9.17, 15) is 17.6 Å². The number of halogens is 6. The van der Waals surface area contributed by atoms with Crippen molar-refractivity contribution >= 4 is 41.8 Å². The van der Waals surface area contributed by atoms with Crippen LogP contribution in [0.4, 0.5) is 17.6 Å². The van der Waals surface area contributed by atoms with E-state index >= 15 is 0 Å². The van der Waals surface area contributed by atoms with Crippen molar-refractivity contribution in [1.29, 1.82) is 0 Å². The number of benzene rings is 1. The van der Waals surface area contributed by atoms with Crippen LogP contribution in [0.25, 0.3) is 0 Å². The number of ether oxygens (including phenoxy) is 1. The summed E-state index contributed by atoms with van der Waals surface area (Å²) in [5.74, 6) is -1.93. The zero-order valence-electron chi connectivity index (χ0n) is 7.12. The van der Waals surface area contributed by atoms with Gasteiger partial charge < -0.3 is 4.74 Å². The molecule has 1 radical (unpaired) electrons. The maximum Gasteiger partial charge on any atom is 0.573 e. The second-order valence-electron chi connectivity index (χ2n) is 2.01. The Morgan fingerprint density at radius 3 is 2.27 bits per heavy atom. The third-order valence-electron chi connectivity index (χ3n) is 1.00. The molecule has 81 valence electrons. The number of hydrogen-bond acceptors (Lipinski definition) is 1. The van der Waals surface area contributed by atoms with E-state index in [2.05, 4.69) is 36.6 Å². The fraction of sp³-hybridized carbons (Fsp3) is 0.143. The van der Waals surface area contributed by atoms with Crippen LogP contribution >= 0.6 is 25.8 Å². The minimum atomic E-state index is -4.86. The van der Waals surface area contributed by atoms with Gasteiger partial charge in [0.05, 0.1) is 0 Å². The van der Waals surface area contributed by atoms with Crippen LogP contribution in [-0.4, -0.2) is 22.4 Å². The van der Waals surface area contributed by atoms with Gasteiger partial charge in [0.25, 0.3) is 0 Å². The molecule has 0 atom stereocenters. The zero-order valence-corrected chi connectivity index (χ0v) is 11.7. The molecule has 1 aromatic rings. The molecule has 0 spiro atoms. The van der Waals surface area contributed by atoms with E-state index in [1.54, 1.807) is 0 Å². The van der Waals surface area contributed by atoms with Crippen molar-refractivity contribution in [2.24, 2.45) is 0 Å². The summed E-state index contributed by atoms with van der Waals surface area (Å²) in [5, 5.41) is 0. The molecule has 0 amide bonds. The van der Waals surface area contributed by atoms with E-state index < -0.39 is 17.9 Å². The molecule has 0 aliphatic rings. The van der Waals surface area contributed by atoms with Crippen molar-refractivity contribution in [3.63, 3.8) is 0 Å². The SMILES string of the molecule is Fc1c[c]ccc1OC(F)(F)F.[Br][Mg][Br]. The second-order valence-corrected chi connectivity index (χ2v) is 10.1. The van der Waals surface area contributed by atoms with Gasteiger partial charge in [0.2, 0.25) is 0 Å². The van der Waals surface area contributed by atoms with Gasteiger partial charge in [-0.25, -0.2) is 4.39 Å². The Bertz CT molecular complexity index is 295. The highest BCUT2D eigenvalue weighted by Gasteiger charge is 2.32. The van der Waals surface area contributed by atoms with E-state index in [0.717, 1.165) is 18.2 Å². The van der Waals surface area contributed by atoms with E-state index in [1.165, 1.54) is 0 Å². The smallest absolute Gasteiger partial charge is 0.403 e. The molecule has 15 heavy (non-hydrogen) atoms. The van der Waals surface area contributed by atoms with Gasteiger partial charge in [-0.15, -0.1) is 13.2 Å². The fourth-order valence-electron chi connectivity index (χ4n) is 0.603. The fourth-order valence-corrected chi connectivity index (χ4v) is 0.603. The summed E-state index contributed by atoms with van der Waals surface area (Å²) >= 11 is 6.44. The molecule has 0 saturated heterocycles. The second kappa shape index (κ2) is 7.69. The van der Waals surface area contributed by atoms with Gasteiger partial charge in [-0.05, 0) is 18.2 Å². The summed E-state index contributed by atoms with van der Waals surface area (Å²) in [6, 6.07) is 5.01. The lowest BCUT2D eigenvalue weighted by Gasteiger charge is -2.08. The molecule has 0 aromatic heterocycles. The Balaban J connectivity index is 0.000000583. The highest BCUT2D eigenvalue weighted by molar-refractivity contribution is 9.47. The average molecular weight is 363 g/mol. The van der Waals surface area contributed by atoms with E-state index in [-0.39, 0.29) is 16.0 Å². The summed E-state index contributed by atoms with van der Waals surface area (Å²) in [7, 11) is 0. The minimum Gasteiger partial charge on any atom is -0.403 e. The molecule has 1 aromatic carbocycles. The Morgan fingerprint density at radius 2 is 1.87 bits per heavy atom. The first-order chi connectivity index (χ1) is 6.90. The molecule has 0 N–H and O–H groups in total. The van der Waals surface area contributed by atoms with E-state index in [0.29, 0.717) is 0 Å². The van der Waals surface area contributed by atoms with Crippen LogP contribution in [0, 0.1) is 11.9 Å². The molecule has 0 saturated carbocycles. The quantitative estimate of drug-likeness (QED) is 0.544. The molecule has 0 unspecified atom stereocenters. The molecule has 0 bridgehead atoms. The lowest BCUT2D eigenvalue weighted by molar-refractivity contribution is -0.275. The predicted octanol–water partition coefficient (Wildman–Crippen LogP) is 3.83. The first-order valence-corrected chi connectivity index (χ1v) is 11.2. The van der Waals surface area contributed by atoms with Gasteiger partial charge in [-0.2, -0.15) is 0 Å². The lowest BCUT2D eigenvalue weighted by Crippen LogP contribution is -2.17. The highest BCUT2D eigenvalue weighted by Crippen LogP contribution is 2.24. The topological polar surface area (TPSA) is 9.23 Å². The van der Waals surface area contributed by atoms with Crippen LogP contribution in [-0.2, 0) is 0 Å². The Morgan fingerprint density at radius 1 is 1.33 bits per heavy atom. The van der Waals surface area contributed by atoms with Crippen molar-refractivity contribution in [1.82, 2.24) is 0 Å². The predicted molar refractivity (Wildman–Crippen MR) is 55.5 cm³/mol. The van der Waals surface area contributed by atoms with Crippen LogP contribution in [0.3, 0.4) is 0 Å². The molecular formula is C7H3Br2F4MgO. The standard InChI is InChI=1S/C7H3F4O.2BrH.Mg/c8-5-3-1-2-4-6(5)12-7(9,10)11;;;/h2-4H;2*1H;/q;;;+2/p-2. The first-order valence-electron chi connectivity index (χ1n) is 3.44. The third-order valence-corrected chi connectivity index (χ3v) is 1.00. The lowest BCUT2D eigenvalue weighted by atomic mass is 10.3. The highest BCUT2D eigenvalue weighted by atomic mass is 79.9. The molecule has 1 nitrogen and oxygen atoms in total. The Kier molecular flexibility index (Phi) is 7.93. The molecule has 0 heterocycles. The summed E-state index contributed by atoms with van der Waals surface area (Å²) in [6.07, 6.45) is -4.86. The number of hydrogen-bond donors (Lipinski definition) is 0. The molecule has 0 fully saturated rings. The zero-order chi connectivity index (χ0) is 11.9. The third kappa shape index (κ3) is 8.29. The maximum atomic E-state index is 12.5. The Hall–Kier alpha value is 0.466. The van der Waals surface area contributed by atoms with Crippen LogP contribution in [0.15, 0.2) is 18.2 Å². The minimum absolute atomic E-state index is 0.0417. The molecule has 0 aliphatic carbocycles. The molecule has 1 rings (SSSR count). The molecule has 8 heteroatoms. The van der Waals surface area contributed by atoms with Crippen molar-refractivity contribution in [2.45, 2.75) is 6.36 Å². The van der Waals surface area contributed by atoms with E-state index in [1.807, 2.05) is 0 Å². The largest absolute Gasteiger partial charge is 0.573 e. The number of rotatable bonds is 1. The van der Waals surface area contributed by atoms with Crippen molar-refractivity contribution in [3.05, 3.63) is 30.1 Å². The van der Waals surface area contributed by atoms with Crippen LogP contribution in [0.5, 0.6) is 5.75 Å². The van der Waals surface area contributed by atoms with Gasteiger partial charge in [0.1, 0.15) is 0 Å². The van der Waals surface area contributed by atoms with Crippen LogP contribution in [0.2, 0.25) is 0 Å². The monoisotopic (exact) mass is 361 g/mol. The van der Waals surface area contributed by atoms with Crippen LogP contribution in [0.1, 0.15) is 0 Å². The van der Waals surface area contributed by atoms with Crippen molar-refractivity contribution in [2.75, 3.05) is 0 Å². The summed E-state index contributed by atoms with van der Waals surface area (Å²) < 4.78 is 50.4. The Labute approximate surface area is 106 Å². The number of alkyl halides is 3. The molecule has 0 aliphatic heterocycles. The normalized spacial score (nSPS) is 9.73. The summed E-state index contributed by atoms with van der Waals surface area (Å²) in [5.41, 5.74) is 0. The van der Waals surface area contributed by atoms with Gasteiger partial charge in [-0.3, -0.25) is 25.8 Å². The van der Waals surface area contributed by atoms with Gasteiger partial charge >= 0.3 is 22.4 Å². The van der Waals surface area contributed by atoms with Crippen molar-refractivity contribution < 1.29 is 22.3 Å². The van der Waals surface area contributed by atoms with Crippen LogP contribution < -0.4 is 4.74 Å². The average Bonchev–Trinajstić information content (AvgIpc) is 2.08. The van der Waals surface area contributed by atoms with Gasteiger partial charge in [0.15, 0.2) is 11.6 Å². The maximum absolute atomic E-state index is 12.5. The van der Waals surface area contributed by atoms with Gasteiger partial charge in [0, 0.05) is 0 Å². The van der Waals surface area contributed by atoms with Gasteiger partial charge in [-0.1, -0.05) is 6.07 Å². The van der Waals surface area contributed by atoms with E-state index in [4.69, 9.17) is 0 Å².